The predicted molar refractivity (Wildman–Crippen MR) is 59.2 cm³/mol. The Morgan fingerprint density at radius 1 is 1.06 bits per heavy atom. The van der Waals surface area contributed by atoms with Gasteiger partial charge in [0.05, 0.1) is 0 Å². The fourth-order valence-electron chi connectivity index (χ4n) is 1.16. The molecule has 1 rings (SSSR count). The highest BCUT2D eigenvalue weighted by atomic mass is 16.5. The van der Waals surface area contributed by atoms with Crippen molar-refractivity contribution >= 4 is 18.0 Å². The van der Waals surface area contributed by atoms with Gasteiger partial charge in [0, 0.05) is 19.9 Å². The Labute approximate surface area is 93.5 Å². The third-order valence-electron chi connectivity index (χ3n) is 1.66. The van der Waals surface area contributed by atoms with Crippen molar-refractivity contribution in [3.8, 4) is 11.5 Å². The lowest BCUT2D eigenvalue weighted by molar-refractivity contribution is -0.132. The van der Waals surface area contributed by atoms with Crippen LogP contribution in [0.1, 0.15) is 19.4 Å². The summed E-state index contributed by atoms with van der Waals surface area (Å²) in [4.78, 5) is 21.6. The van der Waals surface area contributed by atoms with Crippen molar-refractivity contribution in [1.29, 1.82) is 0 Å². The molecular formula is C12H12O4. The van der Waals surface area contributed by atoms with E-state index < -0.39 is 11.9 Å². The third-order valence-corrected chi connectivity index (χ3v) is 1.66. The maximum Gasteiger partial charge on any atom is 0.308 e. The van der Waals surface area contributed by atoms with Crippen molar-refractivity contribution in [1.82, 2.24) is 0 Å². The molecule has 0 spiro atoms. The van der Waals surface area contributed by atoms with Crippen molar-refractivity contribution in [3.05, 3.63) is 30.3 Å². The predicted octanol–water partition coefficient (Wildman–Crippen LogP) is 2.18. The highest BCUT2D eigenvalue weighted by Crippen LogP contribution is 2.23. The van der Waals surface area contributed by atoms with Crippen molar-refractivity contribution in [2.24, 2.45) is 0 Å². The molecule has 0 heterocycles. The molecule has 16 heavy (non-hydrogen) atoms. The van der Waals surface area contributed by atoms with E-state index in [-0.39, 0.29) is 0 Å². The zero-order chi connectivity index (χ0) is 12.1. The molecule has 0 saturated heterocycles. The van der Waals surface area contributed by atoms with Crippen LogP contribution in [0.25, 0.3) is 6.08 Å². The Kier molecular flexibility index (Phi) is 3.83. The molecule has 0 N–H and O–H groups in total. The molecule has 0 aliphatic heterocycles. The van der Waals surface area contributed by atoms with Crippen LogP contribution in [0.5, 0.6) is 11.5 Å². The summed E-state index contributed by atoms with van der Waals surface area (Å²) in [6, 6.07) is 4.72. The summed E-state index contributed by atoms with van der Waals surface area (Å²) in [6.07, 6.45) is 1.57. The monoisotopic (exact) mass is 220 g/mol. The van der Waals surface area contributed by atoms with Gasteiger partial charge in [-0.15, -0.1) is 0 Å². The summed E-state index contributed by atoms with van der Waals surface area (Å²) < 4.78 is 9.80. The zero-order valence-corrected chi connectivity index (χ0v) is 9.15. The number of hydrogen-bond acceptors (Lipinski definition) is 4. The average molecular weight is 220 g/mol. The number of rotatable bonds is 3. The number of hydrogen-bond donors (Lipinski definition) is 0. The smallest absolute Gasteiger partial charge is 0.308 e. The second kappa shape index (κ2) is 5.11. The lowest BCUT2D eigenvalue weighted by atomic mass is 10.2. The minimum absolute atomic E-state index is 0.321. The molecule has 0 aromatic heterocycles. The first-order valence-corrected chi connectivity index (χ1v) is 4.65. The van der Waals surface area contributed by atoms with Gasteiger partial charge in [0.1, 0.15) is 11.5 Å². The summed E-state index contributed by atoms with van der Waals surface area (Å²) >= 11 is 0. The van der Waals surface area contributed by atoms with E-state index in [9.17, 15) is 9.59 Å². The Morgan fingerprint density at radius 2 is 1.50 bits per heavy atom. The average Bonchev–Trinajstić information content (AvgIpc) is 2.14. The fourth-order valence-corrected chi connectivity index (χ4v) is 1.16. The molecule has 0 aliphatic rings. The van der Waals surface area contributed by atoms with Gasteiger partial charge in [0.25, 0.3) is 0 Å². The first-order chi connectivity index (χ1) is 7.51. The topological polar surface area (TPSA) is 52.6 Å². The summed E-state index contributed by atoms with van der Waals surface area (Å²) in [6.45, 7) is 6.19. The normalized spacial score (nSPS) is 9.38. The number of ether oxygens (including phenoxy) is 2. The maximum absolute atomic E-state index is 10.8. The van der Waals surface area contributed by atoms with Crippen molar-refractivity contribution in [3.63, 3.8) is 0 Å². The first-order valence-electron chi connectivity index (χ1n) is 4.65. The fraction of sp³-hybridized carbons (Fsp3) is 0.167. The van der Waals surface area contributed by atoms with E-state index in [1.807, 2.05) is 0 Å². The first kappa shape index (κ1) is 12.0. The highest BCUT2D eigenvalue weighted by Gasteiger charge is 2.05. The molecule has 4 heteroatoms. The van der Waals surface area contributed by atoms with Gasteiger partial charge >= 0.3 is 11.9 Å². The molecule has 0 unspecified atom stereocenters. The molecule has 1 aromatic carbocycles. The van der Waals surface area contributed by atoms with Gasteiger partial charge in [0.2, 0.25) is 0 Å². The minimum atomic E-state index is -0.435. The third kappa shape index (κ3) is 3.57. The van der Waals surface area contributed by atoms with Crippen molar-refractivity contribution in [2.45, 2.75) is 13.8 Å². The molecular weight excluding hydrogens is 208 g/mol. The SMILES string of the molecule is C=Cc1cc(OC(C)=O)cc(OC(C)=O)c1. The zero-order valence-electron chi connectivity index (χ0n) is 9.15. The molecule has 0 fully saturated rings. The Balaban J connectivity index is 3.04. The molecule has 0 atom stereocenters. The number of carbonyl (C=O) groups is 2. The van der Waals surface area contributed by atoms with E-state index in [0.29, 0.717) is 17.1 Å². The number of carbonyl (C=O) groups excluding carboxylic acids is 2. The van der Waals surface area contributed by atoms with Gasteiger partial charge in [-0.05, 0) is 17.7 Å². The molecule has 0 saturated carbocycles. The second-order valence-corrected chi connectivity index (χ2v) is 3.13. The van der Waals surface area contributed by atoms with Gasteiger partial charge < -0.3 is 9.47 Å². The second-order valence-electron chi connectivity index (χ2n) is 3.13. The summed E-state index contributed by atoms with van der Waals surface area (Å²) in [5.74, 6) is -0.229. The molecule has 0 aliphatic carbocycles. The van der Waals surface area contributed by atoms with E-state index in [4.69, 9.17) is 9.47 Å². The largest absolute Gasteiger partial charge is 0.427 e. The van der Waals surface area contributed by atoms with Crippen LogP contribution in [0, 0.1) is 0 Å². The Hall–Kier alpha value is -2.10. The van der Waals surface area contributed by atoms with E-state index >= 15 is 0 Å². The lowest BCUT2D eigenvalue weighted by Crippen LogP contribution is -2.04. The molecule has 0 bridgehead atoms. The van der Waals surface area contributed by atoms with Crippen molar-refractivity contribution in [2.75, 3.05) is 0 Å². The van der Waals surface area contributed by atoms with E-state index in [1.165, 1.54) is 19.9 Å². The van der Waals surface area contributed by atoms with Crippen LogP contribution < -0.4 is 9.47 Å². The molecule has 1 aromatic rings. The van der Waals surface area contributed by atoms with Gasteiger partial charge in [-0.2, -0.15) is 0 Å². The van der Waals surface area contributed by atoms with E-state index in [0.717, 1.165) is 0 Å². The van der Waals surface area contributed by atoms with E-state index in [2.05, 4.69) is 6.58 Å². The van der Waals surface area contributed by atoms with Crippen LogP contribution >= 0.6 is 0 Å². The standard InChI is InChI=1S/C12H12O4/c1-4-10-5-11(15-8(2)13)7-12(6-10)16-9(3)14/h4-7H,1H2,2-3H3. The quantitative estimate of drug-likeness (QED) is 0.578. The summed E-state index contributed by atoms with van der Waals surface area (Å²) in [5.41, 5.74) is 0.704. The molecule has 84 valence electrons. The molecule has 0 amide bonds. The van der Waals surface area contributed by atoms with Crippen LogP contribution in [0.3, 0.4) is 0 Å². The van der Waals surface area contributed by atoms with Gasteiger partial charge in [-0.3, -0.25) is 9.59 Å². The Morgan fingerprint density at radius 3 is 1.81 bits per heavy atom. The molecule has 4 nitrogen and oxygen atoms in total. The Bertz CT molecular complexity index is 400. The van der Waals surface area contributed by atoms with Crippen LogP contribution in [-0.2, 0) is 9.59 Å². The highest BCUT2D eigenvalue weighted by molar-refractivity contribution is 5.72. The van der Waals surface area contributed by atoms with Crippen LogP contribution in [0.15, 0.2) is 24.8 Å². The van der Waals surface area contributed by atoms with Gasteiger partial charge in [0.15, 0.2) is 0 Å². The van der Waals surface area contributed by atoms with Crippen LogP contribution in [0.4, 0.5) is 0 Å². The number of benzene rings is 1. The van der Waals surface area contributed by atoms with Crippen molar-refractivity contribution < 1.29 is 19.1 Å². The van der Waals surface area contributed by atoms with Crippen LogP contribution in [-0.4, -0.2) is 11.9 Å². The molecule has 0 radical (unpaired) electrons. The number of esters is 2. The van der Waals surface area contributed by atoms with Gasteiger partial charge in [-0.1, -0.05) is 12.7 Å². The van der Waals surface area contributed by atoms with E-state index in [1.54, 1.807) is 18.2 Å². The maximum atomic E-state index is 10.8. The van der Waals surface area contributed by atoms with Crippen LogP contribution in [0.2, 0.25) is 0 Å². The van der Waals surface area contributed by atoms with Gasteiger partial charge in [-0.25, -0.2) is 0 Å². The minimum Gasteiger partial charge on any atom is -0.427 e. The lowest BCUT2D eigenvalue weighted by Gasteiger charge is -2.06. The summed E-state index contributed by atoms with van der Waals surface area (Å²) in [5, 5.41) is 0. The summed E-state index contributed by atoms with van der Waals surface area (Å²) in [7, 11) is 0.